The third-order valence-corrected chi connectivity index (χ3v) is 29.1. The summed E-state index contributed by atoms with van der Waals surface area (Å²) in [5, 5.41) is 35.8. The van der Waals surface area contributed by atoms with Crippen molar-refractivity contribution < 1.29 is 0 Å². The molecule has 0 heteroatoms. The van der Waals surface area contributed by atoms with Gasteiger partial charge in [0.25, 0.3) is 0 Å². The van der Waals surface area contributed by atoms with E-state index in [4.69, 9.17) is 0 Å². The van der Waals surface area contributed by atoms with Gasteiger partial charge in [0.1, 0.15) is 0 Å². The van der Waals surface area contributed by atoms with E-state index in [1.165, 1.54) is 273 Å². The molecule has 0 unspecified atom stereocenters. The van der Waals surface area contributed by atoms with Gasteiger partial charge in [0.15, 0.2) is 0 Å². The first-order valence-corrected chi connectivity index (χ1v) is 48.6. The molecule has 0 spiro atoms. The summed E-state index contributed by atoms with van der Waals surface area (Å²) < 4.78 is 0. The highest BCUT2D eigenvalue weighted by Crippen LogP contribution is 2.53. The van der Waals surface area contributed by atoms with Crippen molar-refractivity contribution >= 4 is 151 Å². The van der Waals surface area contributed by atoms with Crippen molar-refractivity contribution in [1.29, 1.82) is 0 Å². The molecule has 0 aliphatic carbocycles. The zero-order valence-electron chi connectivity index (χ0n) is 77.0. The lowest BCUT2D eigenvalue weighted by molar-refractivity contribution is 1.62. The SMILES string of the molecule is c1ccc(-c2c3ccccc3c(-c3cccc(-c4cc5c6ccccc6c6ccccc6c5c5ccccc45)c3)c3ccccc23)cc1.c1ccc(-c2ccc(-c3c4ccccc4c(-c4ccc(-c5ccc6ccccc6c5)cc4)c4ccccc34)c3ccccc23)cc1.c1ccc(-c2ccc(-c3c4ccccc4c(-c4cccc(-c5cccc6ccccc56)c4)c4ccccc34)c3ccccc23)cc1. The highest BCUT2D eigenvalue weighted by atomic mass is 14.3. The zero-order chi connectivity index (χ0) is 92.5. The van der Waals surface area contributed by atoms with E-state index in [-0.39, 0.29) is 0 Å². The van der Waals surface area contributed by atoms with E-state index in [9.17, 15) is 0 Å². The molecule has 0 aromatic heterocycles. The first-order valence-electron chi connectivity index (χ1n) is 48.6. The van der Waals surface area contributed by atoms with E-state index >= 15 is 0 Å². The minimum absolute atomic E-state index is 1.23. The maximum absolute atomic E-state index is 2.44. The molecule has 28 aromatic carbocycles. The van der Waals surface area contributed by atoms with E-state index in [1.54, 1.807) is 0 Å². The summed E-state index contributed by atoms with van der Waals surface area (Å²) in [5.41, 5.74) is 27.6. The maximum atomic E-state index is 2.44. The van der Waals surface area contributed by atoms with Crippen molar-refractivity contribution in [2.24, 2.45) is 0 Å². The summed E-state index contributed by atoms with van der Waals surface area (Å²) in [6.07, 6.45) is 0. The minimum atomic E-state index is 1.23. The molecule has 140 heavy (non-hydrogen) atoms. The second-order valence-electron chi connectivity index (χ2n) is 36.8. The van der Waals surface area contributed by atoms with Crippen molar-refractivity contribution in [2.45, 2.75) is 0 Å². The Balaban J connectivity index is 0.000000108. The van der Waals surface area contributed by atoms with Crippen molar-refractivity contribution in [2.75, 3.05) is 0 Å². The minimum Gasteiger partial charge on any atom is -0.0622 e. The third kappa shape index (κ3) is 14.3. The predicted octanol–water partition coefficient (Wildman–Crippen LogP) is 39.5. The fraction of sp³-hybridized carbons (Fsp3) is 0. The lowest BCUT2D eigenvalue weighted by Gasteiger charge is -2.20. The smallest absolute Gasteiger partial charge is 0.00199 e. The van der Waals surface area contributed by atoms with Crippen molar-refractivity contribution in [3.8, 4) is 122 Å². The summed E-state index contributed by atoms with van der Waals surface area (Å²) in [6.45, 7) is 0. The molecule has 0 heterocycles. The molecular weight excluding hydrogens is 1680 g/mol. The Morgan fingerprint density at radius 3 is 0.750 bits per heavy atom. The van der Waals surface area contributed by atoms with Crippen molar-refractivity contribution in [1.82, 2.24) is 0 Å². The molecule has 28 rings (SSSR count). The monoisotopic (exact) mass is 1770 g/mol. The topological polar surface area (TPSA) is 0 Å². The van der Waals surface area contributed by atoms with Gasteiger partial charge in [0.05, 0.1) is 0 Å². The molecule has 0 fully saturated rings. The molecule has 0 aliphatic heterocycles. The molecule has 0 amide bonds. The number of fused-ring (bicyclic) bond motifs is 18. The first-order chi connectivity index (χ1) is 69.5. The quantitative estimate of drug-likeness (QED) is 0.0894. The number of rotatable bonds is 11. The van der Waals surface area contributed by atoms with Gasteiger partial charge in [-0.2, -0.15) is 0 Å². The third-order valence-electron chi connectivity index (χ3n) is 29.1. The van der Waals surface area contributed by atoms with Crippen LogP contribution in [0.4, 0.5) is 0 Å². The maximum Gasteiger partial charge on any atom is -0.00199 e. The van der Waals surface area contributed by atoms with Crippen LogP contribution >= 0.6 is 0 Å². The van der Waals surface area contributed by atoms with Crippen molar-refractivity contribution in [3.63, 3.8) is 0 Å². The first kappa shape index (κ1) is 82.5. The highest BCUT2D eigenvalue weighted by Gasteiger charge is 2.25. The normalized spacial score (nSPS) is 11.6. The zero-order valence-corrected chi connectivity index (χ0v) is 77.0. The van der Waals surface area contributed by atoms with Gasteiger partial charge >= 0.3 is 0 Å². The van der Waals surface area contributed by atoms with Crippen LogP contribution in [0.1, 0.15) is 0 Å². The van der Waals surface area contributed by atoms with Gasteiger partial charge in [-0.3, -0.25) is 0 Å². The molecule has 0 atom stereocenters. The Bertz CT molecular complexity index is 9620. The van der Waals surface area contributed by atoms with Crippen LogP contribution in [0.5, 0.6) is 0 Å². The summed E-state index contributed by atoms with van der Waals surface area (Å²) >= 11 is 0. The molecule has 0 saturated carbocycles. The molecule has 0 saturated heterocycles. The molecular formula is C140H90. The highest BCUT2D eigenvalue weighted by molar-refractivity contribution is 6.34. The van der Waals surface area contributed by atoms with E-state index in [1.807, 2.05) is 0 Å². The average Bonchev–Trinajstić information content (AvgIpc) is 0.756. The lowest BCUT2D eigenvalue weighted by atomic mass is 9.83. The van der Waals surface area contributed by atoms with Crippen LogP contribution in [0.25, 0.3) is 273 Å². The van der Waals surface area contributed by atoms with Gasteiger partial charge in [0, 0.05) is 0 Å². The van der Waals surface area contributed by atoms with Crippen LogP contribution < -0.4 is 0 Å². The van der Waals surface area contributed by atoms with Gasteiger partial charge in [0.2, 0.25) is 0 Å². The van der Waals surface area contributed by atoms with E-state index in [0.29, 0.717) is 0 Å². The van der Waals surface area contributed by atoms with Crippen LogP contribution in [0, 0.1) is 0 Å². The molecule has 0 radical (unpaired) electrons. The summed E-state index contributed by atoms with van der Waals surface area (Å²) in [6, 6.07) is 200. The van der Waals surface area contributed by atoms with Crippen LogP contribution in [0.2, 0.25) is 0 Å². The van der Waals surface area contributed by atoms with E-state index in [0.717, 1.165) is 0 Å². The summed E-state index contributed by atoms with van der Waals surface area (Å²) in [4.78, 5) is 0. The Kier molecular flexibility index (Phi) is 20.8. The second kappa shape index (κ2) is 35.2. The van der Waals surface area contributed by atoms with Crippen LogP contribution in [0.15, 0.2) is 546 Å². The van der Waals surface area contributed by atoms with Gasteiger partial charge in [-0.15, -0.1) is 0 Å². The fourth-order valence-electron chi connectivity index (χ4n) is 23.0. The second-order valence-corrected chi connectivity index (χ2v) is 36.8. The van der Waals surface area contributed by atoms with Gasteiger partial charge in [-0.1, -0.05) is 522 Å². The molecule has 0 aliphatic rings. The van der Waals surface area contributed by atoms with Crippen LogP contribution in [-0.2, 0) is 0 Å². The fourth-order valence-corrected chi connectivity index (χ4v) is 23.0. The summed E-state index contributed by atoms with van der Waals surface area (Å²) in [5.74, 6) is 0. The van der Waals surface area contributed by atoms with Gasteiger partial charge < -0.3 is 0 Å². The molecule has 650 valence electrons. The lowest BCUT2D eigenvalue weighted by Crippen LogP contribution is -1.92. The standard InChI is InChI=1S/C48H30.2C46H30/c1-2-15-31(16-3-1)46-40-25-10-12-27-42(40)47(43-28-13-11-26-41(43)46)33-18-14-17-32(29-33)44-30-45-36-21-5-4-19-34(36)35-20-6-8-23-38(35)48(45)39-24-9-7-22-37(39)44;1-2-14-31(15-3-1)37-28-29-44(39-22-7-6-21-38(37)39)46-42-25-10-8-23-40(42)45(41-24-9-11-26-43(41)46)34-19-12-18-33(30-34)36-27-13-17-32-16-4-5-20-35(32)36;1-2-13-33(14-3-1)37-28-29-44(39-17-7-6-16-38(37)39)46-42-20-10-8-18-40(42)45(41-19-9-11-21-43(41)46)34-25-22-32(23-26-34)36-27-24-31-12-4-5-15-35(31)30-36/h1-30H;2*1-30H. The van der Waals surface area contributed by atoms with Crippen molar-refractivity contribution in [3.05, 3.63) is 546 Å². The Hall–Kier alpha value is -18.2. The average molecular weight is 1770 g/mol. The molecule has 0 bridgehead atoms. The largest absolute Gasteiger partial charge is 0.0622 e. The van der Waals surface area contributed by atoms with E-state index in [2.05, 4.69) is 546 Å². The van der Waals surface area contributed by atoms with Gasteiger partial charge in [-0.05, 0) is 297 Å². The Morgan fingerprint density at radius 1 is 0.0786 bits per heavy atom. The van der Waals surface area contributed by atoms with E-state index < -0.39 is 0 Å². The number of hydrogen-bond donors (Lipinski definition) is 0. The Morgan fingerprint density at radius 2 is 0.321 bits per heavy atom. The molecule has 28 aromatic rings. The Labute approximate surface area is 813 Å². The van der Waals surface area contributed by atoms with Crippen LogP contribution in [0.3, 0.4) is 0 Å². The summed E-state index contributed by atoms with van der Waals surface area (Å²) in [7, 11) is 0. The number of benzene rings is 28. The van der Waals surface area contributed by atoms with Gasteiger partial charge in [-0.25, -0.2) is 0 Å². The van der Waals surface area contributed by atoms with Crippen LogP contribution in [-0.4, -0.2) is 0 Å². The number of hydrogen-bond acceptors (Lipinski definition) is 0. The molecule has 0 nitrogen and oxygen atoms in total. The molecule has 0 N–H and O–H groups in total. The predicted molar refractivity (Wildman–Crippen MR) is 604 cm³/mol.